The van der Waals surface area contributed by atoms with Crippen LogP contribution in [0.4, 0.5) is 10.1 Å². The number of anilines is 1. The van der Waals surface area contributed by atoms with Crippen molar-refractivity contribution in [1.82, 2.24) is 9.88 Å². The van der Waals surface area contributed by atoms with Gasteiger partial charge in [-0.3, -0.25) is 19.2 Å². The minimum atomic E-state index is -0.964. The van der Waals surface area contributed by atoms with Crippen molar-refractivity contribution in [3.63, 3.8) is 0 Å². The molecule has 0 saturated carbocycles. The Kier molecular flexibility index (Phi) is 6.15. The molecule has 9 heteroatoms. The molecule has 0 spiro atoms. The van der Waals surface area contributed by atoms with Crippen molar-refractivity contribution in [2.45, 2.75) is 40.2 Å². The van der Waals surface area contributed by atoms with Crippen LogP contribution in [0.15, 0.2) is 18.2 Å². The molecule has 2 rings (SSSR count). The number of primary amides is 1. The number of rotatable bonds is 5. The van der Waals surface area contributed by atoms with Crippen LogP contribution in [0, 0.1) is 19.7 Å². The van der Waals surface area contributed by atoms with E-state index in [1.165, 1.54) is 10.6 Å². The largest absolute Gasteiger partial charge is 0.366 e. The third-order valence-electron chi connectivity index (χ3n) is 4.56. The molecule has 0 aliphatic carbocycles. The molecule has 160 valence electrons. The van der Waals surface area contributed by atoms with Crippen LogP contribution in [0.25, 0.3) is 0 Å². The van der Waals surface area contributed by atoms with Gasteiger partial charge in [-0.25, -0.2) is 4.39 Å². The molecule has 4 N–H and O–H groups in total. The van der Waals surface area contributed by atoms with E-state index in [4.69, 9.17) is 5.73 Å². The third-order valence-corrected chi connectivity index (χ3v) is 4.56. The van der Waals surface area contributed by atoms with Crippen LogP contribution >= 0.6 is 0 Å². The topological polar surface area (TPSA) is 123 Å². The fourth-order valence-electron chi connectivity index (χ4n) is 3.12. The van der Waals surface area contributed by atoms with Crippen molar-refractivity contribution in [2.24, 2.45) is 12.8 Å². The fraction of sp³-hybridized carbons (Fsp3) is 0.333. The number of hydrogen-bond acceptors (Lipinski definition) is 4. The second-order valence-electron chi connectivity index (χ2n) is 8.04. The molecule has 0 fully saturated rings. The number of nitrogens with two attached hydrogens (primary N) is 1. The summed E-state index contributed by atoms with van der Waals surface area (Å²) in [6.45, 7) is 8.47. The highest BCUT2D eigenvalue weighted by Gasteiger charge is 2.30. The van der Waals surface area contributed by atoms with Crippen molar-refractivity contribution >= 4 is 29.2 Å². The van der Waals surface area contributed by atoms with E-state index in [0.717, 1.165) is 12.1 Å². The van der Waals surface area contributed by atoms with Crippen LogP contribution < -0.4 is 16.4 Å². The van der Waals surface area contributed by atoms with Crippen molar-refractivity contribution in [2.75, 3.05) is 5.32 Å². The first kappa shape index (κ1) is 22.8. The van der Waals surface area contributed by atoms with Crippen LogP contribution in [-0.4, -0.2) is 33.6 Å². The second-order valence-corrected chi connectivity index (χ2v) is 8.04. The summed E-state index contributed by atoms with van der Waals surface area (Å²) in [5, 5.41) is 5.18. The zero-order chi connectivity index (χ0) is 23.0. The number of carbonyl (C=O) groups is 4. The van der Waals surface area contributed by atoms with Gasteiger partial charge in [0.1, 0.15) is 5.82 Å². The van der Waals surface area contributed by atoms with Crippen molar-refractivity contribution in [3.8, 4) is 0 Å². The van der Waals surface area contributed by atoms with Gasteiger partial charge in [0.2, 0.25) is 0 Å². The molecule has 2 aromatic rings. The van der Waals surface area contributed by atoms with E-state index < -0.39 is 34.9 Å². The molecule has 30 heavy (non-hydrogen) atoms. The molecule has 0 unspecified atom stereocenters. The van der Waals surface area contributed by atoms with Crippen LogP contribution in [0.2, 0.25) is 0 Å². The number of ketones is 1. The quantitative estimate of drug-likeness (QED) is 0.511. The van der Waals surface area contributed by atoms with Gasteiger partial charge in [0, 0.05) is 24.0 Å². The summed E-state index contributed by atoms with van der Waals surface area (Å²) >= 11 is 0. The summed E-state index contributed by atoms with van der Waals surface area (Å²) in [6, 6.07) is 3.44. The molecule has 0 radical (unpaired) electrons. The van der Waals surface area contributed by atoms with Crippen molar-refractivity contribution in [1.29, 1.82) is 0 Å². The molecule has 0 bridgehead atoms. The normalized spacial score (nSPS) is 11.2. The predicted molar refractivity (Wildman–Crippen MR) is 110 cm³/mol. The van der Waals surface area contributed by atoms with Gasteiger partial charge in [0.05, 0.1) is 16.8 Å². The van der Waals surface area contributed by atoms with Crippen LogP contribution in [0.3, 0.4) is 0 Å². The lowest BCUT2D eigenvalue weighted by atomic mass is 10.1. The Labute approximate surface area is 173 Å². The number of benzene rings is 1. The first-order valence-electron chi connectivity index (χ1n) is 9.18. The van der Waals surface area contributed by atoms with E-state index in [-0.39, 0.29) is 22.5 Å². The lowest BCUT2D eigenvalue weighted by Crippen LogP contribution is -2.44. The summed E-state index contributed by atoms with van der Waals surface area (Å²) in [4.78, 5) is 49.2. The average molecular weight is 416 g/mol. The zero-order valence-electron chi connectivity index (χ0n) is 17.8. The molecular formula is C21H25FN4O4. The maximum atomic E-state index is 13.7. The lowest BCUT2D eigenvalue weighted by molar-refractivity contribution is -0.118. The number of aromatic nitrogens is 1. The van der Waals surface area contributed by atoms with Crippen molar-refractivity contribution in [3.05, 3.63) is 52.1 Å². The first-order chi connectivity index (χ1) is 13.7. The minimum absolute atomic E-state index is 0.0938. The SMILES string of the molecule is Cc1c(C(=O)Nc2ccc(F)c(C(N)=O)c2)c(C)n(C)c1C(=O)C(=O)NC(C)(C)C. The minimum Gasteiger partial charge on any atom is -0.366 e. The Balaban J connectivity index is 2.40. The third kappa shape index (κ3) is 4.56. The molecule has 1 aromatic heterocycles. The van der Waals surface area contributed by atoms with Crippen LogP contribution in [0.1, 0.15) is 63.2 Å². The molecule has 1 heterocycles. The maximum absolute atomic E-state index is 13.7. The van der Waals surface area contributed by atoms with Crippen LogP contribution in [0.5, 0.6) is 0 Å². The summed E-state index contributed by atoms with van der Waals surface area (Å²) in [5.41, 5.74) is 5.44. The molecule has 0 aliphatic heterocycles. The Morgan fingerprint density at radius 3 is 2.23 bits per heavy atom. The monoisotopic (exact) mass is 416 g/mol. The molecular weight excluding hydrogens is 391 g/mol. The lowest BCUT2D eigenvalue weighted by Gasteiger charge is -2.20. The summed E-state index contributed by atoms with van der Waals surface area (Å²) in [6.07, 6.45) is 0. The predicted octanol–water partition coefficient (Wildman–Crippen LogP) is 2.23. The van der Waals surface area contributed by atoms with Gasteiger partial charge < -0.3 is 20.9 Å². The molecule has 3 amide bonds. The summed E-state index contributed by atoms with van der Waals surface area (Å²) in [7, 11) is 1.58. The standard InChI is InChI=1S/C21H25FN4O4/c1-10-15(19(29)24-12-7-8-14(22)13(9-12)18(23)28)11(2)26(6)16(10)17(27)20(30)25-21(3,4)5/h7-9H,1-6H3,(H2,23,28)(H,24,29)(H,25,30). The van der Waals surface area contributed by atoms with Gasteiger partial charge in [-0.2, -0.15) is 0 Å². The molecule has 0 aliphatic rings. The highest BCUT2D eigenvalue weighted by molar-refractivity contribution is 6.43. The first-order valence-corrected chi connectivity index (χ1v) is 9.18. The number of carbonyl (C=O) groups excluding carboxylic acids is 4. The fourth-order valence-corrected chi connectivity index (χ4v) is 3.12. The number of Topliss-reactive ketones (excluding diaryl/α,β-unsaturated/α-hetero) is 1. The molecule has 0 atom stereocenters. The Hall–Kier alpha value is -3.49. The van der Waals surface area contributed by atoms with Gasteiger partial charge in [-0.05, 0) is 58.4 Å². The van der Waals surface area contributed by atoms with Gasteiger partial charge in [0.25, 0.3) is 23.5 Å². The summed E-state index contributed by atoms with van der Waals surface area (Å²) < 4.78 is 15.1. The van der Waals surface area contributed by atoms with E-state index in [2.05, 4.69) is 10.6 Å². The highest BCUT2D eigenvalue weighted by atomic mass is 19.1. The van der Waals surface area contributed by atoms with Gasteiger partial charge >= 0.3 is 0 Å². The Bertz CT molecular complexity index is 1060. The zero-order valence-corrected chi connectivity index (χ0v) is 17.8. The Morgan fingerprint density at radius 1 is 1.10 bits per heavy atom. The number of nitrogens with one attached hydrogen (secondary N) is 2. The number of hydrogen-bond donors (Lipinski definition) is 3. The maximum Gasteiger partial charge on any atom is 0.294 e. The van der Waals surface area contributed by atoms with Gasteiger partial charge in [-0.15, -0.1) is 0 Å². The van der Waals surface area contributed by atoms with Crippen LogP contribution in [-0.2, 0) is 11.8 Å². The van der Waals surface area contributed by atoms with E-state index >= 15 is 0 Å². The number of nitrogens with zero attached hydrogens (tertiary/aromatic N) is 1. The number of halogens is 1. The smallest absolute Gasteiger partial charge is 0.294 e. The molecule has 8 nitrogen and oxygen atoms in total. The van der Waals surface area contributed by atoms with Gasteiger partial charge in [-0.1, -0.05) is 0 Å². The van der Waals surface area contributed by atoms with E-state index in [0.29, 0.717) is 11.3 Å². The van der Waals surface area contributed by atoms with E-state index in [1.54, 1.807) is 41.7 Å². The number of amides is 3. The van der Waals surface area contributed by atoms with Crippen molar-refractivity contribution < 1.29 is 23.6 Å². The molecule has 0 saturated heterocycles. The summed E-state index contributed by atoms with van der Waals surface area (Å²) in [5.74, 6) is -3.87. The Morgan fingerprint density at radius 2 is 1.70 bits per heavy atom. The van der Waals surface area contributed by atoms with E-state index in [1.807, 2.05) is 0 Å². The average Bonchev–Trinajstić information content (AvgIpc) is 2.83. The molecule has 1 aromatic carbocycles. The highest BCUT2D eigenvalue weighted by Crippen LogP contribution is 2.24. The van der Waals surface area contributed by atoms with Gasteiger partial charge in [0.15, 0.2) is 0 Å². The van der Waals surface area contributed by atoms with E-state index in [9.17, 15) is 23.6 Å². The second kappa shape index (κ2) is 8.10.